The highest BCUT2D eigenvalue weighted by atomic mass is 19.1. The van der Waals surface area contributed by atoms with Crippen molar-refractivity contribution in [2.75, 3.05) is 19.9 Å². The zero-order valence-corrected chi connectivity index (χ0v) is 15.1. The van der Waals surface area contributed by atoms with Crippen LogP contribution in [0, 0.1) is 0 Å². The van der Waals surface area contributed by atoms with Gasteiger partial charge in [-0.3, -0.25) is 0 Å². The van der Waals surface area contributed by atoms with Crippen LogP contribution in [0.25, 0.3) is 11.1 Å². The molecule has 2 N–H and O–H groups in total. The lowest BCUT2D eigenvalue weighted by Gasteiger charge is -2.26. The first-order valence-corrected chi connectivity index (χ1v) is 8.85. The summed E-state index contributed by atoms with van der Waals surface area (Å²) in [4.78, 5) is 12.8. The largest absolute Gasteiger partial charge is 0.491 e. The molecular formula is C21H19FN4O2. The van der Waals surface area contributed by atoms with E-state index >= 15 is 0 Å². The maximum Gasteiger partial charge on any atom is 0.283 e. The average Bonchev–Trinajstić information content (AvgIpc) is 3.16. The number of aliphatic imine (C=N–C) groups is 1. The van der Waals surface area contributed by atoms with Gasteiger partial charge in [-0.15, -0.1) is 0 Å². The monoisotopic (exact) mass is 378 g/mol. The number of hydrogen-bond donors (Lipinski definition) is 1. The number of amidine groups is 1. The van der Waals surface area contributed by atoms with E-state index in [0.29, 0.717) is 5.75 Å². The van der Waals surface area contributed by atoms with Crippen LogP contribution in [0.3, 0.4) is 0 Å². The van der Waals surface area contributed by atoms with Crippen LogP contribution in [-0.4, -0.2) is 35.9 Å². The van der Waals surface area contributed by atoms with Crippen molar-refractivity contribution in [3.8, 4) is 16.9 Å². The van der Waals surface area contributed by atoms with Crippen molar-refractivity contribution in [1.29, 1.82) is 0 Å². The summed E-state index contributed by atoms with van der Waals surface area (Å²) in [5.41, 5.74) is 8.82. The standard InChI is InChI=1S/C21H19FN4O2/c22-8-9-27-19-6-4-17(5-7-19)21(13-28-20(23)26-21)18-3-1-2-15(10-18)16-11-24-14-25-12-16/h1-7,10-12,14H,8-9,13H2,(H2,23,26). The number of nitrogens with two attached hydrogens (primary N) is 1. The van der Waals surface area contributed by atoms with Crippen LogP contribution in [-0.2, 0) is 10.3 Å². The van der Waals surface area contributed by atoms with Gasteiger partial charge in [0.1, 0.15) is 32.0 Å². The number of hydrogen-bond acceptors (Lipinski definition) is 6. The number of halogens is 1. The highest BCUT2D eigenvalue weighted by molar-refractivity contribution is 5.75. The van der Waals surface area contributed by atoms with E-state index < -0.39 is 12.2 Å². The summed E-state index contributed by atoms with van der Waals surface area (Å²) in [6, 6.07) is 15.5. The minimum atomic E-state index is -0.769. The summed E-state index contributed by atoms with van der Waals surface area (Å²) in [7, 11) is 0. The van der Waals surface area contributed by atoms with Gasteiger partial charge >= 0.3 is 0 Å². The third kappa shape index (κ3) is 3.38. The molecule has 0 saturated heterocycles. The van der Waals surface area contributed by atoms with Crippen molar-refractivity contribution < 1.29 is 13.9 Å². The molecule has 4 rings (SSSR count). The first-order valence-electron chi connectivity index (χ1n) is 8.85. The van der Waals surface area contributed by atoms with Crippen molar-refractivity contribution in [1.82, 2.24) is 9.97 Å². The highest BCUT2D eigenvalue weighted by Crippen LogP contribution is 2.39. The predicted molar refractivity (Wildman–Crippen MR) is 104 cm³/mol. The molecule has 1 unspecified atom stereocenters. The van der Waals surface area contributed by atoms with Crippen molar-refractivity contribution >= 4 is 6.02 Å². The van der Waals surface area contributed by atoms with Gasteiger partial charge in [-0.25, -0.2) is 19.4 Å². The Labute approximate surface area is 161 Å². The van der Waals surface area contributed by atoms with Crippen molar-refractivity contribution in [2.45, 2.75) is 5.54 Å². The van der Waals surface area contributed by atoms with E-state index in [1.807, 2.05) is 36.4 Å². The molecule has 28 heavy (non-hydrogen) atoms. The molecule has 0 spiro atoms. The zero-order valence-electron chi connectivity index (χ0n) is 15.1. The molecule has 2 heterocycles. The van der Waals surface area contributed by atoms with Gasteiger partial charge in [0.25, 0.3) is 6.02 Å². The molecule has 3 aromatic rings. The maximum absolute atomic E-state index is 12.3. The van der Waals surface area contributed by atoms with Crippen molar-refractivity contribution in [2.24, 2.45) is 10.7 Å². The third-order valence-corrected chi connectivity index (χ3v) is 4.64. The van der Waals surface area contributed by atoms with Crippen LogP contribution < -0.4 is 10.5 Å². The van der Waals surface area contributed by atoms with E-state index in [0.717, 1.165) is 22.3 Å². The fraction of sp³-hybridized carbons (Fsp3) is 0.190. The van der Waals surface area contributed by atoms with Crippen LogP contribution in [0.2, 0.25) is 0 Å². The van der Waals surface area contributed by atoms with Crippen molar-refractivity contribution in [3.63, 3.8) is 0 Å². The Kier molecular flexibility index (Phi) is 4.89. The summed E-state index contributed by atoms with van der Waals surface area (Å²) in [6.45, 7) is -0.214. The van der Waals surface area contributed by atoms with Crippen LogP contribution in [0.4, 0.5) is 4.39 Å². The number of nitrogens with zero attached hydrogens (tertiary/aromatic N) is 3. The smallest absolute Gasteiger partial charge is 0.283 e. The molecule has 0 radical (unpaired) electrons. The Balaban J connectivity index is 1.75. The Hall–Kier alpha value is -3.48. The number of aromatic nitrogens is 2. The minimum Gasteiger partial charge on any atom is -0.491 e. The maximum atomic E-state index is 12.3. The van der Waals surface area contributed by atoms with Gasteiger partial charge in [-0.2, -0.15) is 0 Å². The first-order chi connectivity index (χ1) is 13.7. The Bertz CT molecular complexity index is 979. The van der Waals surface area contributed by atoms with Gasteiger partial charge in [0.15, 0.2) is 5.54 Å². The molecule has 6 nitrogen and oxygen atoms in total. The molecule has 142 valence electrons. The number of benzene rings is 2. The number of rotatable bonds is 6. The molecule has 1 atom stereocenters. The van der Waals surface area contributed by atoms with Crippen LogP contribution >= 0.6 is 0 Å². The fourth-order valence-electron chi connectivity index (χ4n) is 3.28. The molecule has 1 aromatic heterocycles. The van der Waals surface area contributed by atoms with E-state index in [9.17, 15) is 4.39 Å². The zero-order chi connectivity index (χ0) is 19.4. The second-order valence-corrected chi connectivity index (χ2v) is 6.37. The number of ether oxygens (including phenoxy) is 2. The Morgan fingerprint density at radius 2 is 1.82 bits per heavy atom. The minimum absolute atomic E-state index is 0.0277. The molecule has 0 saturated carbocycles. The van der Waals surface area contributed by atoms with E-state index in [1.54, 1.807) is 24.5 Å². The lowest BCUT2D eigenvalue weighted by atomic mass is 9.83. The molecule has 0 amide bonds. The van der Waals surface area contributed by atoms with Crippen LogP contribution in [0.1, 0.15) is 11.1 Å². The Morgan fingerprint density at radius 1 is 1.04 bits per heavy atom. The second-order valence-electron chi connectivity index (χ2n) is 6.37. The van der Waals surface area contributed by atoms with Crippen LogP contribution in [0.15, 0.2) is 72.2 Å². The Morgan fingerprint density at radius 3 is 2.50 bits per heavy atom. The number of alkyl halides is 1. The molecule has 0 bridgehead atoms. The first kappa shape index (κ1) is 17.9. The van der Waals surface area contributed by atoms with Crippen molar-refractivity contribution in [3.05, 3.63) is 78.4 Å². The van der Waals surface area contributed by atoms with Gasteiger partial charge in [0, 0.05) is 18.0 Å². The van der Waals surface area contributed by atoms with E-state index in [-0.39, 0.29) is 19.2 Å². The molecular weight excluding hydrogens is 359 g/mol. The lowest BCUT2D eigenvalue weighted by molar-refractivity contribution is 0.271. The van der Waals surface area contributed by atoms with Gasteiger partial charge < -0.3 is 15.2 Å². The summed E-state index contributed by atoms with van der Waals surface area (Å²) < 4.78 is 23.2. The molecule has 0 fully saturated rings. The van der Waals surface area contributed by atoms with Gasteiger partial charge in [-0.05, 0) is 34.9 Å². The molecule has 7 heteroatoms. The predicted octanol–water partition coefficient (Wildman–Crippen LogP) is 3.08. The third-order valence-electron chi connectivity index (χ3n) is 4.64. The van der Waals surface area contributed by atoms with Gasteiger partial charge in [0.2, 0.25) is 0 Å². The summed E-state index contributed by atoms with van der Waals surface area (Å²) in [6.07, 6.45) is 5.02. The van der Waals surface area contributed by atoms with Crippen LogP contribution in [0.5, 0.6) is 5.75 Å². The molecule has 1 aliphatic heterocycles. The van der Waals surface area contributed by atoms with E-state index in [1.165, 1.54) is 6.33 Å². The second kappa shape index (κ2) is 7.64. The molecule has 0 aliphatic carbocycles. The lowest BCUT2D eigenvalue weighted by Crippen LogP contribution is -2.27. The average molecular weight is 378 g/mol. The van der Waals surface area contributed by atoms with E-state index in [2.05, 4.69) is 15.0 Å². The topological polar surface area (TPSA) is 82.6 Å². The SMILES string of the molecule is NC1=NC(c2ccc(OCCF)cc2)(c2cccc(-c3cncnc3)c2)CO1. The van der Waals surface area contributed by atoms with Gasteiger partial charge in [0.05, 0.1) is 0 Å². The quantitative estimate of drug-likeness (QED) is 0.713. The highest BCUT2D eigenvalue weighted by Gasteiger charge is 2.40. The summed E-state index contributed by atoms with van der Waals surface area (Å²) >= 11 is 0. The normalized spacial score (nSPS) is 18.4. The summed E-state index contributed by atoms with van der Waals surface area (Å²) in [5.74, 6) is 0.600. The summed E-state index contributed by atoms with van der Waals surface area (Å²) in [5, 5.41) is 0. The molecule has 2 aromatic carbocycles. The van der Waals surface area contributed by atoms with E-state index in [4.69, 9.17) is 15.2 Å². The fourth-order valence-corrected chi connectivity index (χ4v) is 3.28. The molecule has 1 aliphatic rings. The van der Waals surface area contributed by atoms with Gasteiger partial charge in [-0.1, -0.05) is 30.3 Å².